The number of nitrogens with one attached hydrogen (secondary N) is 2. The van der Waals surface area contributed by atoms with Crippen LogP contribution in [0.1, 0.15) is 49.7 Å². The highest BCUT2D eigenvalue weighted by Gasteiger charge is 2.56. The summed E-state index contributed by atoms with van der Waals surface area (Å²) in [6.45, 7) is 0. The second-order valence-electron chi connectivity index (χ2n) is 10.1. The monoisotopic (exact) mass is 461 g/mol. The van der Waals surface area contributed by atoms with E-state index in [-0.39, 0.29) is 42.8 Å². The summed E-state index contributed by atoms with van der Waals surface area (Å²) in [7, 11) is 1.59. The predicted octanol–water partition coefficient (Wildman–Crippen LogP) is 2.07. The van der Waals surface area contributed by atoms with Gasteiger partial charge in [-0.15, -0.1) is 0 Å². The number of nitriles is 1. The lowest BCUT2D eigenvalue weighted by atomic mass is 9.79. The Hall–Kier alpha value is -3.47. The van der Waals surface area contributed by atoms with Gasteiger partial charge < -0.3 is 10.1 Å². The molecule has 3 amide bonds. The number of rotatable bonds is 8. The molecule has 34 heavy (non-hydrogen) atoms. The largest absolute Gasteiger partial charge is 0.496 e. The minimum absolute atomic E-state index is 0.0676. The third-order valence-electron chi connectivity index (χ3n) is 7.70. The smallest absolute Gasteiger partial charge is 0.248 e. The van der Waals surface area contributed by atoms with Crippen molar-refractivity contribution in [2.24, 2.45) is 23.2 Å². The highest BCUT2D eigenvalue weighted by atomic mass is 16.5. The van der Waals surface area contributed by atoms with Gasteiger partial charge in [0.15, 0.2) is 5.78 Å². The highest BCUT2D eigenvalue weighted by molar-refractivity contribution is 6.06. The fourth-order valence-electron chi connectivity index (χ4n) is 5.67. The zero-order valence-corrected chi connectivity index (χ0v) is 19.1. The van der Waals surface area contributed by atoms with E-state index in [0.717, 1.165) is 24.0 Å². The van der Waals surface area contributed by atoms with E-state index in [1.165, 1.54) is 0 Å². The molecule has 4 aliphatic rings. The average molecular weight is 462 g/mol. The number of methoxy groups -OCH3 is 1. The van der Waals surface area contributed by atoms with Crippen LogP contribution in [0, 0.1) is 34.5 Å². The van der Waals surface area contributed by atoms with Gasteiger partial charge in [0.25, 0.3) is 0 Å². The van der Waals surface area contributed by atoms with Gasteiger partial charge in [-0.05, 0) is 42.9 Å². The first-order valence-corrected chi connectivity index (χ1v) is 11.8. The molecule has 8 heteroatoms. The molecule has 1 saturated heterocycles. The van der Waals surface area contributed by atoms with E-state index in [2.05, 4.69) is 16.7 Å². The quantitative estimate of drug-likeness (QED) is 0.571. The second-order valence-corrected chi connectivity index (χ2v) is 10.1. The minimum atomic E-state index is -1.05. The van der Waals surface area contributed by atoms with E-state index in [1.54, 1.807) is 13.2 Å². The number of ketones is 1. The number of carbonyl (C=O) groups is 4. The first-order valence-electron chi connectivity index (χ1n) is 11.8. The van der Waals surface area contributed by atoms with Crippen LogP contribution in [-0.4, -0.2) is 36.7 Å². The zero-order chi connectivity index (χ0) is 24.0. The fraction of sp³-hybridized carbons (Fsp3) is 0.500. The summed E-state index contributed by atoms with van der Waals surface area (Å²) >= 11 is 0. The third kappa shape index (κ3) is 4.00. The maximum absolute atomic E-state index is 13.4. The van der Waals surface area contributed by atoms with Crippen molar-refractivity contribution in [3.63, 3.8) is 0 Å². The van der Waals surface area contributed by atoms with Crippen LogP contribution in [0.2, 0.25) is 0 Å². The molecule has 3 aliphatic carbocycles. The molecule has 5 rings (SSSR count). The van der Waals surface area contributed by atoms with Gasteiger partial charge >= 0.3 is 0 Å². The van der Waals surface area contributed by atoms with Crippen molar-refractivity contribution < 1.29 is 23.9 Å². The number of nitrogens with zero attached hydrogens (tertiary/aromatic N) is 1. The summed E-state index contributed by atoms with van der Waals surface area (Å²) in [6.07, 6.45) is 5.18. The normalized spacial score (nSPS) is 25.0. The van der Waals surface area contributed by atoms with Crippen molar-refractivity contribution in [3.8, 4) is 11.8 Å². The molecule has 8 nitrogen and oxygen atoms in total. The predicted molar refractivity (Wildman–Crippen MR) is 121 cm³/mol. The van der Waals surface area contributed by atoms with Crippen molar-refractivity contribution in [2.45, 2.75) is 51.0 Å². The summed E-state index contributed by atoms with van der Waals surface area (Å²) < 4.78 is 5.40. The van der Waals surface area contributed by atoms with E-state index in [9.17, 15) is 24.4 Å². The molecule has 2 saturated carbocycles. The Morgan fingerprint density at radius 3 is 2.56 bits per heavy atom. The Morgan fingerprint density at radius 1 is 1.24 bits per heavy atom. The van der Waals surface area contributed by atoms with Gasteiger partial charge in [-0.25, -0.2) is 0 Å². The maximum Gasteiger partial charge on any atom is 0.248 e. The zero-order valence-electron chi connectivity index (χ0n) is 19.1. The number of imide groups is 1. The summed E-state index contributed by atoms with van der Waals surface area (Å²) in [4.78, 5) is 50.7. The fourth-order valence-corrected chi connectivity index (χ4v) is 5.67. The van der Waals surface area contributed by atoms with Gasteiger partial charge in [0.1, 0.15) is 5.75 Å². The molecule has 3 atom stereocenters. The van der Waals surface area contributed by atoms with Crippen molar-refractivity contribution in [2.75, 3.05) is 7.11 Å². The van der Waals surface area contributed by atoms with Crippen molar-refractivity contribution in [3.05, 3.63) is 34.9 Å². The Kier molecular flexibility index (Phi) is 5.51. The molecule has 0 aromatic heterocycles. The summed E-state index contributed by atoms with van der Waals surface area (Å²) in [5, 5.41) is 15.2. The molecular formula is C26H27N3O5. The van der Waals surface area contributed by atoms with E-state index in [0.29, 0.717) is 30.1 Å². The van der Waals surface area contributed by atoms with Crippen LogP contribution in [0.3, 0.4) is 0 Å². The van der Waals surface area contributed by atoms with Gasteiger partial charge in [0.05, 0.1) is 36.5 Å². The summed E-state index contributed by atoms with van der Waals surface area (Å²) in [6, 6.07) is 7.23. The average Bonchev–Trinajstić information content (AvgIpc) is 3.29. The Labute approximate surface area is 197 Å². The first-order chi connectivity index (χ1) is 16.3. The minimum Gasteiger partial charge on any atom is -0.496 e. The van der Waals surface area contributed by atoms with Crippen LogP contribution in [0.5, 0.6) is 5.75 Å². The van der Waals surface area contributed by atoms with Crippen molar-refractivity contribution in [1.82, 2.24) is 10.6 Å². The molecule has 0 radical (unpaired) electrons. The SMILES string of the molecule is COc1cccc2c1C=C(C(=O)N[C@@H](CC1CC1)C(=O)CC1(C#N)C[C@H]3C(=O)NC(=O)[C@@H]3C1)C2. The molecule has 0 spiro atoms. The lowest BCUT2D eigenvalue weighted by Crippen LogP contribution is -2.43. The maximum atomic E-state index is 13.4. The number of ether oxygens (including phenoxy) is 1. The molecule has 1 aromatic carbocycles. The molecule has 176 valence electrons. The number of carbonyl (C=O) groups excluding carboxylic acids is 4. The summed E-state index contributed by atoms with van der Waals surface area (Å²) in [5.74, 6) is -1.22. The lowest BCUT2D eigenvalue weighted by molar-refractivity contribution is -0.129. The van der Waals surface area contributed by atoms with Gasteiger partial charge in [0.2, 0.25) is 17.7 Å². The van der Waals surface area contributed by atoms with Gasteiger partial charge in [-0.3, -0.25) is 24.5 Å². The van der Waals surface area contributed by atoms with E-state index >= 15 is 0 Å². The number of amides is 3. The Bertz CT molecular complexity index is 1140. The number of hydrogen-bond donors (Lipinski definition) is 2. The highest BCUT2D eigenvalue weighted by Crippen LogP contribution is 2.50. The molecule has 3 fully saturated rings. The van der Waals surface area contributed by atoms with Crippen LogP contribution in [0.15, 0.2) is 23.8 Å². The van der Waals surface area contributed by atoms with Crippen LogP contribution in [0.25, 0.3) is 6.08 Å². The van der Waals surface area contributed by atoms with E-state index in [4.69, 9.17) is 4.74 Å². The standard InChI is InChI=1S/C26H27N3O5/c1-34-22-4-2-3-15-8-16(9-17(15)22)23(31)28-20(7-14-5-6-14)21(30)12-26(13-27)10-18-19(11-26)25(33)29-24(18)32/h2-4,9,14,18-20H,5-8,10-12H2,1H3,(H,28,31)(H,29,32,33)/t18-,19-,20+/m1/s1. The number of hydrogen-bond acceptors (Lipinski definition) is 6. The number of fused-ring (bicyclic) bond motifs is 2. The number of Topliss-reactive ketones (excluding diaryl/α,β-unsaturated/α-hetero) is 1. The molecule has 1 aromatic rings. The molecule has 2 N–H and O–H groups in total. The van der Waals surface area contributed by atoms with Crippen molar-refractivity contribution >= 4 is 29.6 Å². The van der Waals surface area contributed by atoms with Gasteiger partial charge in [0, 0.05) is 24.0 Å². The van der Waals surface area contributed by atoms with Crippen LogP contribution < -0.4 is 15.4 Å². The summed E-state index contributed by atoms with van der Waals surface area (Å²) in [5.41, 5.74) is 1.39. The molecular weight excluding hydrogens is 434 g/mol. The Balaban J connectivity index is 1.30. The van der Waals surface area contributed by atoms with Crippen LogP contribution >= 0.6 is 0 Å². The van der Waals surface area contributed by atoms with Gasteiger partial charge in [-0.2, -0.15) is 5.26 Å². The topological polar surface area (TPSA) is 125 Å². The van der Waals surface area contributed by atoms with Crippen LogP contribution in [0.4, 0.5) is 0 Å². The Morgan fingerprint density at radius 2 is 1.94 bits per heavy atom. The molecule has 0 bridgehead atoms. The van der Waals surface area contributed by atoms with Gasteiger partial charge in [-0.1, -0.05) is 25.0 Å². The lowest BCUT2D eigenvalue weighted by Gasteiger charge is -2.25. The molecule has 1 aliphatic heterocycles. The van der Waals surface area contributed by atoms with Crippen LogP contribution in [-0.2, 0) is 25.6 Å². The first kappa shape index (κ1) is 22.3. The molecule has 1 heterocycles. The number of benzene rings is 1. The third-order valence-corrected chi connectivity index (χ3v) is 7.70. The van der Waals surface area contributed by atoms with E-state index < -0.39 is 23.3 Å². The molecule has 0 unspecified atom stereocenters. The van der Waals surface area contributed by atoms with E-state index in [1.807, 2.05) is 18.2 Å². The van der Waals surface area contributed by atoms with Crippen molar-refractivity contribution in [1.29, 1.82) is 5.26 Å². The second kappa shape index (κ2) is 8.39.